The highest BCUT2D eigenvalue weighted by molar-refractivity contribution is 8.23. The Balaban J connectivity index is 1.21. The van der Waals surface area contributed by atoms with Crippen molar-refractivity contribution in [1.29, 1.82) is 0 Å². The number of aromatic nitrogens is 1. The summed E-state index contributed by atoms with van der Waals surface area (Å²) in [6.45, 7) is 5.94. The number of nitrogens with zero attached hydrogens (tertiary/aromatic N) is 3. The van der Waals surface area contributed by atoms with Crippen LogP contribution in [0, 0.1) is 5.92 Å². The first-order valence-electron chi connectivity index (χ1n) is 10.1. The number of benzene rings is 1. The molecule has 1 saturated heterocycles. The normalized spacial score (nSPS) is 19.0. The van der Waals surface area contributed by atoms with Crippen molar-refractivity contribution in [3.8, 4) is 0 Å². The molecule has 0 saturated carbocycles. The van der Waals surface area contributed by atoms with E-state index >= 15 is 0 Å². The van der Waals surface area contributed by atoms with Gasteiger partial charge < -0.3 is 15.1 Å². The van der Waals surface area contributed by atoms with Crippen LogP contribution in [0.25, 0.3) is 0 Å². The summed E-state index contributed by atoms with van der Waals surface area (Å²) in [5, 5.41) is 3.70. The standard InChI is InChI=1S/C21H26N4OS3/c1-15-7-8-17-18(13-15)29-20(22-17)23-19(26)14-28-21(27)25-11-9-24(10-12-25)16-5-3-2-4-6-16/h2-6,15H,7-14H2,1H3,(H,22,23,26)/t15-/m0/s1. The maximum Gasteiger partial charge on any atom is 0.236 e. The smallest absolute Gasteiger partial charge is 0.236 e. The summed E-state index contributed by atoms with van der Waals surface area (Å²) in [5.74, 6) is 1.01. The minimum atomic E-state index is -0.0283. The lowest BCUT2D eigenvalue weighted by molar-refractivity contribution is -0.113. The van der Waals surface area contributed by atoms with E-state index in [1.54, 1.807) is 11.3 Å². The Hall–Kier alpha value is -1.64. The van der Waals surface area contributed by atoms with E-state index in [4.69, 9.17) is 12.2 Å². The van der Waals surface area contributed by atoms with Crippen molar-refractivity contribution >= 4 is 56.4 Å². The third kappa shape index (κ3) is 5.29. The largest absolute Gasteiger partial charge is 0.368 e. The second-order valence-electron chi connectivity index (χ2n) is 7.65. The second-order valence-corrected chi connectivity index (χ2v) is 10.3. The van der Waals surface area contributed by atoms with Crippen LogP contribution < -0.4 is 10.2 Å². The quantitative estimate of drug-likeness (QED) is 0.715. The van der Waals surface area contributed by atoms with Crippen LogP contribution in [0.4, 0.5) is 10.8 Å². The van der Waals surface area contributed by atoms with Crippen molar-refractivity contribution in [2.45, 2.75) is 26.2 Å². The van der Waals surface area contributed by atoms with Crippen molar-refractivity contribution < 1.29 is 4.79 Å². The molecule has 5 nitrogen and oxygen atoms in total. The van der Waals surface area contributed by atoms with Gasteiger partial charge in [0.2, 0.25) is 5.91 Å². The Bertz CT molecular complexity index is 862. The minimum Gasteiger partial charge on any atom is -0.368 e. The van der Waals surface area contributed by atoms with E-state index in [1.165, 1.54) is 34.4 Å². The van der Waals surface area contributed by atoms with Crippen molar-refractivity contribution in [2.24, 2.45) is 5.92 Å². The average molecular weight is 447 g/mol. The van der Waals surface area contributed by atoms with E-state index in [9.17, 15) is 4.79 Å². The Morgan fingerprint density at radius 1 is 1.28 bits per heavy atom. The van der Waals surface area contributed by atoms with Gasteiger partial charge in [0, 0.05) is 36.7 Å². The van der Waals surface area contributed by atoms with Crippen LogP contribution in [0.15, 0.2) is 30.3 Å². The molecule has 2 aliphatic rings. The predicted octanol–water partition coefficient (Wildman–Crippen LogP) is 4.05. The third-order valence-electron chi connectivity index (χ3n) is 5.42. The first kappa shape index (κ1) is 20.6. The minimum absolute atomic E-state index is 0.0283. The van der Waals surface area contributed by atoms with Gasteiger partial charge in [0.1, 0.15) is 4.32 Å². The lowest BCUT2D eigenvalue weighted by Crippen LogP contribution is -2.47. The van der Waals surface area contributed by atoms with Crippen LogP contribution in [-0.4, -0.2) is 52.0 Å². The highest BCUT2D eigenvalue weighted by Crippen LogP contribution is 2.32. The summed E-state index contributed by atoms with van der Waals surface area (Å²) in [5.41, 5.74) is 2.42. The summed E-state index contributed by atoms with van der Waals surface area (Å²) < 4.78 is 0.806. The third-order valence-corrected chi connectivity index (χ3v) is 7.98. The summed E-state index contributed by atoms with van der Waals surface area (Å²) in [6, 6.07) is 10.5. The fourth-order valence-corrected chi connectivity index (χ4v) is 5.99. The van der Waals surface area contributed by atoms with Crippen LogP contribution >= 0.6 is 35.3 Å². The number of rotatable bonds is 4. The number of thiocarbonyl (C=S) groups is 1. The summed E-state index contributed by atoms with van der Waals surface area (Å²) in [7, 11) is 0. The van der Waals surface area contributed by atoms with Gasteiger partial charge in [-0.05, 0) is 37.3 Å². The number of thioether (sulfide) groups is 1. The second kappa shape index (κ2) is 9.45. The molecule has 8 heteroatoms. The van der Waals surface area contributed by atoms with E-state index in [-0.39, 0.29) is 5.91 Å². The van der Waals surface area contributed by atoms with E-state index in [0.29, 0.717) is 11.7 Å². The first-order chi connectivity index (χ1) is 14.1. The molecule has 1 aromatic heterocycles. The SMILES string of the molecule is C[C@H]1CCc2nc(NC(=O)CSC(=S)N3CCN(c4ccccc4)CC3)sc2C1. The number of hydrogen-bond donors (Lipinski definition) is 1. The van der Waals surface area contributed by atoms with Crippen LogP contribution in [0.5, 0.6) is 0 Å². The molecule has 0 bridgehead atoms. The van der Waals surface area contributed by atoms with Gasteiger partial charge in [0.05, 0.1) is 11.4 Å². The average Bonchev–Trinajstić information content (AvgIpc) is 3.14. The molecule has 0 radical (unpaired) electrons. The number of anilines is 2. The van der Waals surface area contributed by atoms with Crippen molar-refractivity contribution in [3.05, 3.63) is 40.9 Å². The van der Waals surface area contributed by atoms with Gasteiger partial charge in [-0.3, -0.25) is 4.79 Å². The topological polar surface area (TPSA) is 48.5 Å². The van der Waals surface area contributed by atoms with Crippen molar-refractivity contribution in [2.75, 3.05) is 42.1 Å². The van der Waals surface area contributed by atoms with Crippen LogP contribution in [-0.2, 0) is 17.6 Å². The Labute approximate surface area is 185 Å². The lowest BCUT2D eigenvalue weighted by Gasteiger charge is -2.37. The highest BCUT2D eigenvalue weighted by Gasteiger charge is 2.22. The highest BCUT2D eigenvalue weighted by atomic mass is 32.2. The molecular weight excluding hydrogens is 420 g/mol. The van der Waals surface area contributed by atoms with Crippen LogP contribution in [0.3, 0.4) is 0 Å². The number of aryl methyl sites for hydroxylation is 1. The summed E-state index contributed by atoms with van der Waals surface area (Å²) >= 11 is 8.65. The van der Waals surface area contributed by atoms with Crippen molar-refractivity contribution in [1.82, 2.24) is 9.88 Å². The van der Waals surface area contributed by atoms with E-state index in [2.05, 4.69) is 51.3 Å². The summed E-state index contributed by atoms with van der Waals surface area (Å²) in [4.78, 5) is 22.9. The Morgan fingerprint density at radius 3 is 2.79 bits per heavy atom. The van der Waals surface area contributed by atoms with Gasteiger partial charge in [-0.25, -0.2) is 4.98 Å². The molecule has 1 aliphatic carbocycles. The zero-order chi connectivity index (χ0) is 20.2. The van der Waals surface area contributed by atoms with E-state index in [0.717, 1.165) is 48.5 Å². The lowest BCUT2D eigenvalue weighted by atomic mass is 9.93. The molecular formula is C21H26N4OS3. The number of hydrogen-bond acceptors (Lipinski definition) is 6. The van der Waals surface area contributed by atoms with Crippen LogP contribution in [0.2, 0.25) is 0 Å². The Kier molecular flexibility index (Phi) is 6.72. The molecule has 154 valence electrons. The molecule has 2 aromatic rings. The van der Waals surface area contributed by atoms with E-state index < -0.39 is 0 Å². The molecule has 0 spiro atoms. The number of para-hydroxylation sites is 1. The van der Waals surface area contributed by atoms with Gasteiger partial charge in [0.15, 0.2) is 5.13 Å². The van der Waals surface area contributed by atoms with Gasteiger partial charge in [0.25, 0.3) is 0 Å². The molecule has 1 N–H and O–H groups in total. The molecule has 1 amide bonds. The monoisotopic (exact) mass is 446 g/mol. The molecule has 1 atom stereocenters. The van der Waals surface area contributed by atoms with Crippen molar-refractivity contribution in [3.63, 3.8) is 0 Å². The molecule has 29 heavy (non-hydrogen) atoms. The molecule has 1 aliphatic heterocycles. The number of amides is 1. The van der Waals surface area contributed by atoms with Gasteiger partial charge in [-0.15, -0.1) is 11.3 Å². The van der Waals surface area contributed by atoms with Crippen LogP contribution in [0.1, 0.15) is 23.9 Å². The van der Waals surface area contributed by atoms with Gasteiger partial charge in [-0.2, -0.15) is 0 Å². The van der Waals surface area contributed by atoms with E-state index in [1.807, 2.05) is 6.07 Å². The molecule has 1 fully saturated rings. The predicted molar refractivity (Wildman–Crippen MR) is 127 cm³/mol. The molecule has 0 unspecified atom stereocenters. The van der Waals surface area contributed by atoms with Gasteiger partial charge >= 0.3 is 0 Å². The maximum absolute atomic E-state index is 12.4. The fraction of sp³-hybridized carbons (Fsp3) is 0.476. The molecule has 2 heterocycles. The summed E-state index contributed by atoms with van der Waals surface area (Å²) in [6.07, 6.45) is 3.29. The number of thiazole rings is 1. The number of fused-ring (bicyclic) bond motifs is 1. The number of carbonyl (C=O) groups excluding carboxylic acids is 1. The molecule has 4 rings (SSSR count). The number of nitrogens with one attached hydrogen (secondary N) is 1. The number of carbonyl (C=O) groups is 1. The zero-order valence-electron chi connectivity index (χ0n) is 16.6. The fourth-order valence-electron chi connectivity index (χ4n) is 3.75. The first-order valence-corrected chi connectivity index (χ1v) is 12.3. The number of piperazine rings is 1. The van der Waals surface area contributed by atoms with Gasteiger partial charge in [-0.1, -0.05) is 49.1 Å². The Morgan fingerprint density at radius 2 is 2.03 bits per heavy atom. The zero-order valence-corrected chi connectivity index (χ0v) is 19.0. The maximum atomic E-state index is 12.4. The molecule has 1 aromatic carbocycles.